The minimum absolute atomic E-state index is 0.0471. The number of nitrogens with zero attached hydrogens (tertiary/aromatic N) is 1. The highest BCUT2D eigenvalue weighted by molar-refractivity contribution is 5.78. The lowest BCUT2D eigenvalue weighted by Gasteiger charge is -2.03. The number of ketones is 1. The molecular formula is C11H9FN2O3. The van der Waals surface area contributed by atoms with Crippen molar-refractivity contribution in [2.45, 2.75) is 13.5 Å². The average molecular weight is 236 g/mol. The Morgan fingerprint density at radius 1 is 1.41 bits per heavy atom. The van der Waals surface area contributed by atoms with Crippen LogP contribution in [0.1, 0.15) is 6.92 Å². The van der Waals surface area contributed by atoms with Gasteiger partial charge in [-0.15, -0.1) is 0 Å². The number of aromatic amines is 1. The van der Waals surface area contributed by atoms with Crippen molar-refractivity contribution in [1.29, 1.82) is 0 Å². The molecule has 17 heavy (non-hydrogen) atoms. The van der Waals surface area contributed by atoms with Crippen molar-refractivity contribution in [3.63, 3.8) is 0 Å². The molecule has 1 aromatic heterocycles. The predicted molar refractivity (Wildman–Crippen MR) is 59.5 cm³/mol. The van der Waals surface area contributed by atoms with Crippen LogP contribution in [0.25, 0.3) is 10.9 Å². The van der Waals surface area contributed by atoms with E-state index in [2.05, 4.69) is 4.98 Å². The molecule has 2 aromatic rings. The van der Waals surface area contributed by atoms with Gasteiger partial charge in [0.2, 0.25) is 0 Å². The first-order chi connectivity index (χ1) is 7.99. The van der Waals surface area contributed by atoms with Crippen LogP contribution in [-0.4, -0.2) is 15.3 Å². The average Bonchev–Trinajstić information content (AvgIpc) is 2.25. The zero-order chi connectivity index (χ0) is 12.6. The van der Waals surface area contributed by atoms with Crippen molar-refractivity contribution in [2.75, 3.05) is 0 Å². The Kier molecular flexibility index (Phi) is 2.63. The largest absolute Gasteiger partial charge is 0.329 e. The second kappa shape index (κ2) is 3.97. The summed E-state index contributed by atoms with van der Waals surface area (Å²) in [5.41, 5.74) is -1.09. The zero-order valence-corrected chi connectivity index (χ0v) is 8.99. The molecule has 0 spiro atoms. The number of Topliss-reactive ketones (excluding diaryl/α,β-unsaturated/α-hetero) is 1. The van der Waals surface area contributed by atoms with Gasteiger partial charge in [0.25, 0.3) is 5.56 Å². The van der Waals surface area contributed by atoms with Crippen LogP contribution in [0.5, 0.6) is 0 Å². The van der Waals surface area contributed by atoms with Crippen LogP contribution in [0, 0.1) is 5.82 Å². The number of fused-ring (bicyclic) bond motifs is 1. The molecule has 88 valence electrons. The van der Waals surface area contributed by atoms with Gasteiger partial charge in [0.1, 0.15) is 11.6 Å². The molecule has 0 atom stereocenters. The molecule has 5 nitrogen and oxygen atoms in total. The molecule has 0 aliphatic carbocycles. The summed E-state index contributed by atoms with van der Waals surface area (Å²) in [5.74, 6) is -0.899. The van der Waals surface area contributed by atoms with Crippen molar-refractivity contribution in [3.8, 4) is 0 Å². The molecule has 0 saturated heterocycles. The van der Waals surface area contributed by atoms with Crippen LogP contribution < -0.4 is 11.2 Å². The Morgan fingerprint density at radius 2 is 2.12 bits per heavy atom. The number of carbonyl (C=O) groups is 1. The van der Waals surface area contributed by atoms with E-state index in [-0.39, 0.29) is 23.2 Å². The van der Waals surface area contributed by atoms with Crippen LogP contribution >= 0.6 is 0 Å². The number of hydrogen-bond donors (Lipinski definition) is 1. The molecule has 1 aromatic carbocycles. The van der Waals surface area contributed by atoms with Crippen molar-refractivity contribution in [1.82, 2.24) is 9.55 Å². The highest BCUT2D eigenvalue weighted by Gasteiger charge is 2.09. The van der Waals surface area contributed by atoms with Gasteiger partial charge >= 0.3 is 5.69 Å². The fourth-order valence-corrected chi connectivity index (χ4v) is 1.59. The molecule has 0 amide bonds. The number of rotatable bonds is 2. The number of halogens is 1. The minimum atomic E-state index is -0.677. The first kappa shape index (κ1) is 11.3. The number of hydrogen-bond acceptors (Lipinski definition) is 3. The second-order valence-corrected chi connectivity index (χ2v) is 3.71. The van der Waals surface area contributed by atoms with Gasteiger partial charge in [-0.2, -0.15) is 0 Å². The standard InChI is InChI=1S/C11H9FN2O3/c1-6(15)5-14-10(16)8-4-7(12)2-3-9(8)13-11(14)17/h2-4H,5H2,1H3,(H,13,17). The lowest BCUT2D eigenvalue weighted by Crippen LogP contribution is -2.36. The van der Waals surface area contributed by atoms with E-state index in [1.54, 1.807) is 0 Å². The first-order valence-corrected chi connectivity index (χ1v) is 4.91. The van der Waals surface area contributed by atoms with Crippen molar-refractivity contribution in [2.24, 2.45) is 0 Å². The van der Waals surface area contributed by atoms with Crippen molar-refractivity contribution >= 4 is 16.7 Å². The van der Waals surface area contributed by atoms with Gasteiger partial charge in [-0.3, -0.25) is 14.2 Å². The molecule has 1 heterocycles. The predicted octanol–water partition coefficient (Wildman–Crippen LogP) is 0.418. The lowest BCUT2D eigenvalue weighted by atomic mass is 10.2. The molecule has 0 aliphatic rings. The fraction of sp³-hybridized carbons (Fsp3) is 0.182. The van der Waals surface area contributed by atoms with Gasteiger partial charge in [-0.1, -0.05) is 0 Å². The molecule has 0 saturated carbocycles. The Bertz CT molecular complexity index is 715. The Balaban J connectivity index is 2.83. The number of carbonyl (C=O) groups excluding carboxylic acids is 1. The lowest BCUT2D eigenvalue weighted by molar-refractivity contribution is -0.117. The summed E-state index contributed by atoms with van der Waals surface area (Å²) < 4.78 is 13.8. The van der Waals surface area contributed by atoms with Crippen LogP contribution in [0.3, 0.4) is 0 Å². The highest BCUT2D eigenvalue weighted by atomic mass is 19.1. The molecule has 0 aliphatic heterocycles. The SMILES string of the molecule is CC(=O)Cn1c(=O)[nH]c2ccc(F)cc2c1=O. The zero-order valence-electron chi connectivity index (χ0n) is 8.99. The normalized spacial score (nSPS) is 10.7. The third-order valence-electron chi connectivity index (χ3n) is 2.32. The Morgan fingerprint density at radius 3 is 2.76 bits per heavy atom. The molecule has 1 N–H and O–H groups in total. The molecule has 6 heteroatoms. The maximum absolute atomic E-state index is 13.0. The highest BCUT2D eigenvalue weighted by Crippen LogP contribution is 2.07. The van der Waals surface area contributed by atoms with Crippen LogP contribution in [0.2, 0.25) is 0 Å². The summed E-state index contributed by atoms with van der Waals surface area (Å²) in [7, 11) is 0. The molecule has 0 fully saturated rings. The maximum atomic E-state index is 13.0. The van der Waals surface area contributed by atoms with Crippen LogP contribution in [-0.2, 0) is 11.3 Å². The van der Waals surface area contributed by atoms with Crippen LogP contribution in [0.4, 0.5) is 4.39 Å². The summed E-state index contributed by atoms with van der Waals surface area (Å²) in [6, 6.07) is 3.49. The number of nitrogens with one attached hydrogen (secondary N) is 1. The summed E-state index contributed by atoms with van der Waals surface area (Å²) in [6.45, 7) is 0.947. The molecule has 0 bridgehead atoms. The fourth-order valence-electron chi connectivity index (χ4n) is 1.59. The second-order valence-electron chi connectivity index (χ2n) is 3.71. The topological polar surface area (TPSA) is 71.9 Å². The summed E-state index contributed by atoms with van der Waals surface area (Å²) in [4.78, 5) is 36.8. The molecule has 2 rings (SSSR count). The Labute approximate surface area is 94.5 Å². The van der Waals surface area contributed by atoms with Gasteiger partial charge in [0, 0.05) is 0 Å². The minimum Gasteiger partial charge on any atom is -0.307 e. The van der Waals surface area contributed by atoms with E-state index in [9.17, 15) is 18.8 Å². The van der Waals surface area contributed by atoms with E-state index in [1.165, 1.54) is 13.0 Å². The molecule has 0 unspecified atom stereocenters. The van der Waals surface area contributed by atoms with Gasteiger partial charge in [0.15, 0.2) is 0 Å². The van der Waals surface area contributed by atoms with Gasteiger partial charge in [-0.05, 0) is 25.1 Å². The van der Waals surface area contributed by atoms with E-state index in [1.807, 2.05) is 0 Å². The first-order valence-electron chi connectivity index (χ1n) is 4.91. The van der Waals surface area contributed by atoms with E-state index in [0.717, 1.165) is 16.7 Å². The van der Waals surface area contributed by atoms with E-state index in [4.69, 9.17) is 0 Å². The third-order valence-corrected chi connectivity index (χ3v) is 2.32. The van der Waals surface area contributed by atoms with E-state index in [0.29, 0.717) is 0 Å². The number of aromatic nitrogens is 2. The number of H-pyrrole nitrogens is 1. The third kappa shape index (κ3) is 2.01. The van der Waals surface area contributed by atoms with Crippen molar-refractivity contribution < 1.29 is 9.18 Å². The van der Waals surface area contributed by atoms with Gasteiger partial charge in [-0.25, -0.2) is 9.18 Å². The summed E-state index contributed by atoms with van der Waals surface area (Å²) in [6.07, 6.45) is 0. The quantitative estimate of drug-likeness (QED) is 0.821. The van der Waals surface area contributed by atoms with Crippen LogP contribution in [0.15, 0.2) is 27.8 Å². The molecular weight excluding hydrogens is 227 g/mol. The van der Waals surface area contributed by atoms with Gasteiger partial charge < -0.3 is 4.98 Å². The number of benzene rings is 1. The van der Waals surface area contributed by atoms with E-state index < -0.39 is 17.1 Å². The van der Waals surface area contributed by atoms with Crippen molar-refractivity contribution in [3.05, 3.63) is 44.9 Å². The van der Waals surface area contributed by atoms with Gasteiger partial charge in [0.05, 0.1) is 17.4 Å². The Hall–Kier alpha value is -2.24. The summed E-state index contributed by atoms with van der Waals surface area (Å²) in [5, 5.41) is 0.0471. The van der Waals surface area contributed by atoms with E-state index >= 15 is 0 Å². The smallest absolute Gasteiger partial charge is 0.307 e. The molecule has 0 radical (unpaired) electrons. The summed E-state index contributed by atoms with van der Waals surface area (Å²) >= 11 is 0. The monoisotopic (exact) mass is 236 g/mol. The maximum Gasteiger partial charge on any atom is 0.329 e.